The molecule has 4 aliphatic rings. The lowest BCUT2D eigenvalue weighted by Crippen LogP contribution is -2.58. The molecule has 0 N–H and O–H groups in total. The van der Waals surface area contributed by atoms with Crippen molar-refractivity contribution in [3.05, 3.63) is 0 Å². The highest BCUT2D eigenvalue weighted by molar-refractivity contribution is 5.11. The van der Waals surface area contributed by atoms with E-state index in [0.29, 0.717) is 16.2 Å². The van der Waals surface area contributed by atoms with Crippen LogP contribution in [0.3, 0.4) is 0 Å². The molecule has 4 aliphatic carbocycles. The molecule has 0 amide bonds. The number of hydrogen-bond donors (Lipinski definition) is 0. The Labute approximate surface area is 88.5 Å². The highest BCUT2D eigenvalue weighted by Gasteiger charge is 2.61. The summed E-state index contributed by atoms with van der Waals surface area (Å²) in [6.07, 6.45) is 7.60. The monoisotopic (exact) mass is 192 g/mol. The van der Waals surface area contributed by atoms with Crippen molar-refractivity contribution in [2.45, 2.75) is 59.8 Å². The summed E-state index contributed by atoms with van der Waals surface area (Å²) in [6.45, 7) is 10.2. The van der Waals surface area contributed by atoms with Crippen molar-refractivity contribution in [1.82, 2.24) is 0 Å². The van der Waals surface area contributed by atoms with Gasteiger partial charge in [-0.2, -0.15) is 0 Å². The molecule has 0 spiro atoms. The van der Waals surface area contributed by atoms with E-state index in [2.05, 4.69) is 27.7 Å². The Hall–Kier alpha value is 0. The lowest BCUT2D eigenvalue weighted by Gasteiger charge is -2.68. The van der Waals surface area contributed by atoms with Gasteiger partial charge in [-0.3, -0.25) is 0 Å². The van der Waals surface area contributed by atoms with Crippen molar-refractivity contribution in [2.75, 3.05) is 0 Å². The molecule has 0 aromatic heterocycles. The van der Waals surface area contributed by atoms with Gasteiger partial charge in [0.15, 0.2) is 0 Å². The van der Waals surface area contributed by atoms with E-state index in [4.69, 9.17) is 0 Å². The molecule has 14 heavy (non-hydrogen) atoms. The Morgan fingerprint density at radius 1 is 0.857 bits per heavy atom. The summed E-state index contributed by atoms with van der Waals surface area (Å²) in [5.74, 6) is 2.02. The Morgan fingerprint density at radius 3 is 1.79 bits per heavy atom. The van der Waals surface area contributed by atoms with Crippen molar-refractivity contribution < 1.29 is 0 Å². The zero-order valence-corrected chi connectivity index (χ0v) is 10.2. The normalized spacial score (nSPS) is 66.0. The zero-order valence-electron chi connectivity index (χ0n) is 10.2. The van der Waals surface area contributed by atoms with Gasteiger partial charge >= 0.3 is 0 Å². The van der Waals surface area contributed by atoms with Crippen LogP contribution in [0, 0.1) is 28.1 Å². The predicted molar refractivity (Wildman–Crippen MR) is 60.1 cm³/mol. The quantitative estimate of drug-likeness (QED) is 0.538. The van der Waals surface area contributed by atoms with Crippen LogP contribution in [0.25, 0.3) is 0 Å². The lowest BCUT2D eigenvalue weighted by atomic mass is 9.37. The molecule has 0 aromatic rings. The number of rotatable bonds is 0. The van der Waals surface area contributed by atoms with Gasteiger partial charge in [0.05, 0.1) is 0 Å². The van der Waals surface area contributed by atoms with E-state index in [9.17, 15) is 0 Å². The first-order chi connectivity index (χ1) is 6.35. The standard InChI is InChI=1S/C14H24/c1-10-13(3)6-11-5-12(2,8-13)9-14(10,4)7-11/h10-11H,5-9H2,1-4H3. The summed E-state index contributed by atoms with van der Waals surface area (Å²) in [5.41, 5.74) is 2.07. The van der Waals surface area contributed by atoms with Gasteiger partial charge in [0, 0.05) is 0 Å². The van der Waals surface area contributed by atoms with E-state index in [1.165, 1.54) is 32.1 Å². The molecule has 4 fully saturated rings. The van der Waals surface area contributed by atoms with Crippen molar-refractivity contribution >= 4 is 0 Å². The van der Waals surface area contributed by atoms with Gasteiger partial charge in [0.25, 0.3) is 0 Å². The third-order valence-corrected chi connectivity index (χ3v) is 6.04. The maximum Gasteiger partial charge on any atom is -0.0287 e. The SMILES string of the molecule is CC1C2(C)CC3CC(C)(C2)CC1(C)C3. The van der Waals surface area contributed by atoms with E-state index in [-0.39, 0.29) is 0 Å². The molecule has 80 valence electrons. The Bertz CT molecular complexity index is 258. The molecule has 2 atom stereocenters. The Kier molecular flexibility index (Phi) is 1.47. The van der Waals surface area contributed by atoms with Gasteiger partial charge in [0.2, 0.25) is 0 Å². The van der Waals surface area contributed by atoms with Gasteiger partial charge in [-0.15, -0.1) is 0 Å². The van der Waals surface area contributed by atoms with E-state index in [1.54, 1.807) is 0 Å². The minimum absolute atomic E-state index is 0.683. The summed E-state index contributed by atoms with van der Waals surface area (Å²) in [5, 5.41) is 0. The van der Waals surface area contributed by atoms with Crippen LogP contribution < -0.4 is 0 Å². The molecule has 0 nitrogen and oxygen atoms in total. The van der Waals surface area contributed by atoms with Crippen LogP contribution in [0.5, 0.6) is 0 Å². The first kappa shape index (κ1) is 9.24. The van der Waals surface area contributed by atoms with Crippen LogP contribution in [0.2, 0.25) is 0 Å². The molecule has 4 rings (SSSR count). The molecule has 4 saturated carbocycles. The molecular formula is C14H24. The van der Waals surface area contributed by atoms with Gasteiger partial charge < -0.3 is 0 Å². The predicted octanol–water partition coefficient (Wildman–Crippen LogP) is 4.25. The van der Waals surface area contributed by atoms with Crippen molar-refractivity contribution in [3.63, 3.8) is 0 Å². The molecule has 4 bridgehead atoms. The number of hydrogen-bond acceptors (Lipinski definition) is 0. The fourth-order valence-corrected chi connectivity index (χ4v) is 6.03. The van der Waals surface area contributed by atoms with Gasteiger partial charge in [0.1, 0.15) is 0 Å². The molecular weight excluding hydrogens is 168 g/mol. The largest absolute Gasteiger partial charge is 0.0615 e. The summed E-state index contributed by atoms with van der Waals surface area (Å²) >= 11 is 0. The van der Waals surface area contributed by atoms with Crippen LogP contribution in [0.1, 0.15) is 59.8 Å². The molecule has 0 heteroatoms. The topological polar surface area (TPSA) is 0 Å². The van der Waals surface area contributed by atoms with E-state index in [0.717, 1.165) is 11.8 Å². The van der Waals surface area contributed by atoms with Crippen LogP contribution in [-0.2, 0) is 0 Å². The van der Waals surface area contributed by atoms with Crippen LogP contribution in [0.15, 0.2) is 0 Å². The van der Waals surface area contributed by atoms with E-state index in [1.807, 2.05) is 0 Å². The van der Waals surface area contributed by atoms with Gasteiger partial charge in [-0.05, 0) is 60.2 Å². The summed E-state index contributed by atoms with van der Waals surface area (Å²) in [7, 11) is 0. The molecule has 0 radical (unpaired) electrons. The van der Waals surface area contributed by atoms with Crippen molar-refractivity contribution in [2.24, 2.45) is 28.1 Å². The van der Waals surface area contributed by atoms with Crippen molar-refractivity contribution in [3.8, 4) is 0 Å². The van der Waals surface area contributed by atoms with E-state index >= 15 is 0 Å². The highest BCUT2D eigenvalue weighted by Crippen LogP contribution is 2.71. The highest BCUT2D eigenvalue weighted by atomic mass is 14.7. The fraction of sp³-hybridized carbons (Fsp3) is 1.00. The molecule has 0 aromatic carbocycles. The van der Waals surface area contributed by atoms with Crippen LogP contribution in [-0.4, -0.2) is 0 Å². The van der Waals surface area contributed by atoms with Gasteiger partial charge in [-0.25, -0.2) is 0 Å². The van der Waals surface area contributed by atoms with Gasteiger partial charge in [-0.1, -0.05) is 27.7 Å². The fourth-order valence-electron chi connectivity index (χ4n) is 6.03. The second-order valence-electron chi connectivity index (χ2n) is 7.67. The lowest BCUT2D eigenvalue weighted by molar-refractivity contribution is -0.180. The third kappa shape index (κ3) is 0.955. The summed E-state index contributed by atoms with van der Waals surface area (Å²) in [6, 6.07) is 0. The zero-order chi connectivity index (χ0) is 10.2. The second kappa shape index (κ2) is 2.23. The molecule has 0 saturated heterocycles. The second-order valence-corrected chi connectivity index (χ2v) is 7.67. The first-order valence-electron chi connectivity index (χ1n) is 6.35. The summed E-state index contributed by atoms with van der Waals surface area (Å²) in [4.78, 5) is 0. The first-order valence-corrected chi connectivity index (χ1v) is 6.35. The van der Waals surface area contributed by atoms with Crippen LogP contribution in [0.4, 0.5) is 0 Å². The average Bonchev–Trinajstić information content (AvgIpc) is 1.95. The minimum atomic E-state index is 0.683. The molecule has 0 aliphatic heterocycles. The maximum absolute atomic E-state index is 2.57. The maximum atomic E-state index is 2.57. The van der Waals surface area contributed by atoms with Crippen molar-refractivity contribution in [1.29, 1.82) is 0 Å². The third-order valence-electron chi connectivity index (χ3n) is 6.04. The average molecular weight is 192 g/mol. The van der Waals surface area contributed by atoms with E-state index < -0.39 is 0 Å². The minimum Gasteiger partial charge on any atom is -0.0615 e. The smallest absolute Gasteiger partial charge is 0.0287 e. The Balaban J connectivity index is 2.07. The van der Waals surface area contributed by atoms with Crippen LogP contribution >= 0.6 is 0 Å². The summed E-state index contributed by atoms with van der Waals surface area (Å²) < 4.78 is 0. The molecule has 0 heterocycles. The molecule has 2 unspecified atom stereocenters. The Morgan fingerprint density at radius 2 is 1.36 bits per heavy atom.